The number of carbonyl (C=O) groups is 2. The van der Waals surface area contributed by atoms with Crippen molar-refractivity contribution >= 4 is 50.8 Å². The molecule has 1 aliphatic rings. The summed E-state index contributed by atoms with van der Waals surface area (Å²) in [6.45, 7) is 4.12. The lowest BCUT2D eigenvalue weighted by Crippen LogP contribution is -2.49. The molecule has 0 saturated carbocycles. The summed E-state index contributed by atoms with van der Waals surface area (Å²) in [5.74, 6) is 1.02. The molecule has 0 bridgehead atoms. The van der Waals surface area contributed by atoms with Gasteiger partial charge in [0.1, 0.15) is 5.75 Å². The van der Waals surface area contributed by atoms with E-state index in [1.807, 2.05) is 45.9 Å². The topological polar surface area (TPSA) is 76.4 Å². The van der Waals surface area contributed by atoms with Gasteiger partial charge in [0, 0.05) is 45.5 Å². The Kier molecular flexibility index (Phi) is 8.84. The molecule has 0 unspecified atom stereocenters. The number of anilines is 1. The van der Waals surface area contributed by atoms with Crippen molar-refractivity contribution in [2.45, 2.75) is 6.54 Å². The summed E-state index contributed by atoms with van der Waals surface area (Å²) < 4.78 is 13.5. The third-order valence-corrected chi connectivity index (χ3v) is 7.78. The van der Waals surface area contributed by atoms with Gasteiger partial charge in [-0.2, -0.15) is 4.99 Å². The minimum Gasteiger partial charge on any atom is -0.497 e. The number of piperazine rings is 1. The van der Waals surface area contributed by atoms with E-state index in [0.717, 1.165) is 29.1 Å². The van der Waals surface area contributed by atoms with Gasteiger partial charge in [-0.05, 0) is 30.3 Å². The normalized spacial score (nSPS) is 14.5. The van der Waals surface area contributed by atoms with E-state index >= 15 is 0 Å². The Balaban J connectivity index is 1.32. The predicted molar refractivity (Wildman–Crippen MR) is 141 cm³/mol. The van der Waals surface area contributed by atoms with Crippen LogP contribution in [0.15, 0.2) is 53.5 Å². The quantitative estimate of drug-likeness (QED) is 0.437. The molecule has 4 rings (SSSR count). The van der Waals surface area contributed by atoms with Gasteiger partial charge in [-0.25, -0.2) is 0 Å². The molecule has 0 radical (unpaired) electrons. The second kappa shape index (κ2) is 12.2. The fraction of sp³-hybridized carbons (Fsp3) is 0.400. The fourth-order valence-electron chi connectivity index (χ4n) is 3.97. The largest absolute Gasteiger partial charge is 0.497 e. The molecule has 2 aromatic carbocycles. The third-order valence-electron chi connectivity index (χ3n) is 5.83. The first-order valence-corrected chi connectivity index (χ1v) is 13.5. The average Bonchev–Trinajstić information content (AvgIpc) is 3.23. The molecule has 1 saturated heterocycles. The molecule has 10 heteroatoms. The number of rotatable bonds is 9. The van der Waals surface area contributed by atoms with Gasteiger partial charge >= 0.3 is 0 Å². The number of aromatic nitrogens is 1. The number of benzene rings is 2. The van der Waals surface area contributed by atoms with Gasteiger partial charge in [-0.3, -0.25) is 9.59 Å². The predicted octanol–water partition coefficient (Wildman–Crippen LogP) is 2.87. The van der Waals surface area contributed by atoms with Crippen LogP contribution in [-0.4, -0.2) is 79.8 Å². The number of para-hydroxylation sites is 1. The van der Waals surface area contributed by atoms with Gasteiger partial charge in [0.05, 0.1) is 35.4 Å². The molecule has 1 aromatic heterocycles. The molecule has 35 heavy (non-hydrogen) atoms. The van der Waals surface area contributed by atoms with E-state index in [1.165, 1.54) is 28.8 Å². The molecule has 8 nitrogen and oxygen atoms in total. The average molecular weight is 515 g/mol. The number of methoxy groups -OCH3 is 2. The number of amides is 2. The van der Waals surface area contributed by atoms with E-state index in [0.29, 0.717) is 31.0 Å². The highest BCUT2D eigenvalue weighted by Gasteiger charge is 2.21. The summed E-state index contributed by atoms with van der Waals surface area (Å²) in [6, 6.07) is 16.0. The van der Waals surface area contributed by atoms with Crippen molar-refractivity contribution in [2.24, 2.45) is 4.99 Å². The maximum absolute atomic E-state index is 12.6. The minimum absolute atomic E-state index is 0.0691. The van der Waals surface area contributed by atoms with Gasteiger partial charge in [0.15, 0.2) is 4.80 Å². The molecule has 0 N–H and O–H groups in total. The SMILES string of the molecule is COCCn1c(=NC(=O)CSCC(=O)N2CCN(c3ccccc3)CC2)sc2cc(OC)ccc21. The van der Waals surface area contributed by atoms with E-state index in [2.05, 4.69) is 22.0 Å². The monoisotopic (exact) mass is 514 g/mol. The van der Waals surface area contributed by atoms with Crippen LogP contribution >= 0.6 is 23.1 Å². The lowest BCUT2D eigenvalue weighted by molar-refractivity contribution is -0.128. The summed E-state index contributed by atoms with van der Waals surface area (Å²) in [6.07, 6.45) is 0. The van der Waals surface area contributed by atoms with E-state index in [4.69, 9.17) is 9.47 Å². The molecule has 3 aromatic rings. The molecule has 1 aliphatic heterocycles. The highest BCUT2D eigenvalue weighted by atomic mass is 32.2. The van der Waals surface area contributed by atoms with E-state index in [9.17, 15) is 9.59 Å². The molecule has 0 atom stereocenters. The molecule has 0 spiro atoms. The number of thioether (sulfide) groups is 1. The molecule has 1 fully saturated rings. The third kappa shape index (κ3) is 6.45. The van der Waals surface area contributed by atoms with Crippen LogP contribution in [0.3, 0.4) is 0 Å². The van der Waals surface area contributed by atoms with Crippen molar-refractivity contribution in [3.63, 3.8) is 0 Å². The number of nitrogens with zero attached hydrogens (tertiary/aromatic N) is 4. The van der Waals surface area contributed by atoms with Crippen molar-refractivity contribution in [3.8, 4) is 5.75 Å². The van der Waals surface area contributed by atoms with Gasteiger partial charge in [0.25, 0.3) is 5.91 Å². The zero-order chi connectivity index (χ0) is 24.6. The number of thiazole rings is 1. The van der Waals surface area contributed by atoms with Crippen LogP contribution in [0, 0.1) is 0 Å². The van der Waals surface area contributed by atoms with Crippen LogP contribution in [0.1, 0.15) is 0 Å². The van der Waals surface area contributed by atoms with E-state index in [1.54, 1.807) is 14.2 Å². The van der Waals surface area contributed by atoms with Crippen molar-refractivity contribution in [1.82, 2.24) is 9.47 Å². The van der Waals surface area contributed by atoms with Crippen molar-refractivity contribution < 1.29 is 19.1 Å². The van der Waals surface area contributed by atoms with Crippen LogP contribution in [0.5, 0.6) is 5.75 Å². The molecule has 2 heterocycles. The summed E-state index contributed by atoms with van der Waals surface area (Å²) in [5.41, 5.74) is 2.17. The summed E-state index contributed by atoms with van der Waals surface area (Å²) in [7, 11) is 3.28. The lowest BCUT2D eigenvalue weighted by atomic mass is 10.2. The van der Waals surface area contributed by atoms with Crippen molar-refractivity contribution in [1.29, 1.82) is 0 Å². The van der Waals surface area contributed by atoms with Crippen LogP contribution < -0.4 is 14.4 Å². The Labute approximate surface area is 213 Å². The van der Waals surface area contributed by atoms with Crippen LogP contribution in [0.2, 0.25) is 0 Å². The molecular weight excluding hydrogens is 484 g/mol. The van der Waals surface area contributed by atoms with E-state index in [-0.39, 0.29) is 23.3 Å². The van der Waals surface area contributed by atoms with Crippen molar-refractivity contribution in [2.75, 3.05) is 63.4 Å². The second-order valence-electron chi connectivity index (χ2n) is 8.06. The van der Waals surface area contributed by atoms with Gasteiger partial charge < -0.3 is 23.8 Å². The van der Waals surface area contributed by atoms with Crippen LogP contribution in [0.25, 0.3) is 10.2 Å². The first-order valence-electron chi connectivity index (χ1n) is 11.5. The zero-order valence-electron chi connectivity index (χ0n) is 20.0. The van der Waals surface area contributed by atoms with E-state index < -0.39 is 0 Å². The number of carbonyl (C=O) groups excluding carboxylic acids is 2. The highest BCUT2D eigenvalue weighted by molar-refractivity contribution is 8.00. The Bertz CT molecular complexity index is 1220. The Morgan fingerprint density at radius 3 is 2.51 bits per heavy atom. The first-order chi connectivity index (χ1) is 17.1. The maximum atomic E-state index is 12.6. The molecular formula is C25H30N4O4S2. The van der Waals surface area contributed by atoms with Crippen LogP contribution in [0.4, 0.5) is 5.69 Å². The van der Waals surface area contributed by atoms with Gasteiger partial charge in [-0.15, -0.1) is 11.8 Å². The summed E-state index contributed by atoms with van der Waals surface area (Å²) in [5, 5.41) is 0. The zero-order valence-corrected chi connectivity index (χ0v) is 21.6. The lowest BCUT2D eigenvalue weighted by Gasteiger charge is -2.36. The number of fused-ring (bicyclic) bond motifs is 1. The summed E-state index contributed by atoms with van der Waals surface area (Å²) >= 11 is 2.76. The minimum atomic E-state index is -0.249. The maximum Gasteiger partial charge on any atom is 0.258 e. The second-order valence-corrected chi connectivity index (χ2v) is 10.1. The number of hydrogen-bond donors (Lipinski definition) is 0. The van der Waals surface area contributed by atoms with Crippen LogP contribution in [-0.2, 0) is 20.9 Å². The Morgan fingerprint density at radius 1 is 1.03 bits per heavy atom. The summed E-state index contributed by atoms with van der Waals surface area (Å²) in [4.78, 5) is 34.4. The molecule has 2 amide bonds. The van der Waals surface area contributed by atoms with Gasteiger partial charge in [-0.1, -0.05) is 29.5 Å². The molecule has 0 aliphatic carbocycles. The Hall–Kier alpha value is -2.82. The Morgan fingerprint density at radius 2 is 1.80 bits per heavy atom. The first kappa shape index (κ1) is 25.3. The highest BCUT2D eigenvalue weighted by Crippen LogP contribution is 2.23. The number of ether oxygens (including phenoxy) is 2. The smallest absolute Gasteiger partial charge is 0.258 e. The number of hydrogen-bond acceptors (Lipinski definition) is 7. The standard InChI is InChI=1S/C25H30N4O4S2/c1-32-15-14-29-21-9-8-20(33-2)16-22(21)35-25(29)26-23(30)17-34-18-24(31)28-12-10-27(11-13-28)19-6-4-3-5-7-19/h3-9,16H,10-15,17-18H2,1-2H3. The van der Waals surface area contributed by atoms with Crippen molar-refractivity contribution in [3.05, 3.63) is 53.3 Å². The fourth-order valence-corrected chi connectivity index (χ4v) is 5.77. The van der Waals surface area contributed by atoms with Gasteiger partial charge in [0.2, 0.25) is 5.91 Å². The molecule has 186 valence electrons.